The number of nitrogens with zero attached hydrogens (tertiary/aromatic N) is 1. The molecule has 2 rings (SSSR count). The van der Waals surface area contributed by atoms with Crippen LogP contribution in [0.5, 0.6) is 0 Å². The third-order valence-electron chi connectivity index (χ3n) is 3.87. The molecule has 0 aromatic heterocycles. The second kappa shape index (κ2) is 7.10. The highest BCUT2D eigenvalue weighted by atomic mass is 16.5. The number of hydrogen-bond donors (Lipinski definition) is 2. The van der Waals surface area contributed by atoms with Gasteiger partial charge in [0, 0.05) is 12.1 Å². The molecule has 0 radical (unpaired) electrons. The van der Waals surface area contributed by atoms with E-state index in [1.807, 2.05) is 18.2 Å². The molecule has 1 aromatic rings. The summed E-state index contributed by atoms with van der Waals surface area (Å²) in [6.45, 7) is 4.45. The zero-order valence-corrected chi connectivity index (χ0v) is 13.6. The molecule has 1 heterocycles. The van der Waals surface area contributed by atoms with E-state index in [4.69, 9.17) is 10.5 Å². The van der Waals surface area contributed by atoms with Gasteiger partial charge < -0.3 is 20.5 Å². The van der Waals surface area contributed by atoms with Crippen molar-refractivity contribution >= 4 is 11.8 Å². The Labute approximate surface area is 136 Å². The van der Waals surface area contributed by atoms with Crippen LogP contribution in [0.1, 0.15) is 36.2 Å². The molecule has 23 heavy (non-hydrogen) atoms. The predicted molar refractivity (Wildman–Crippen MR) is 85.9 cm³/mol. The summed E-state index contributed by atoms with van der Waals surface area (Å²) in [5.41, 5.74) is 6.08. The van der Waals surface area contributed by atoms with Crippen LogP contribution < -0.4 is 5.73 Å². The minimum Gasteiger partial charge on any atom is -0.390 e. The second-order valence-electron chi connectivity index (χ2n) is 6.53. The largest absolute Gasteiger partial charge is 0.390 e. The molecule has 1 aliphatic rings. The number of nitrogens with two attached hydrogens (primary N) is 1. The van der Waals surface area contributed by atoms with Crippen molar-refractivity contribution in [1.29, 1.82) is 0 Å². The van der Waals surface area contributed by atoms with E-state index in [1.54, 1.807) is 24.8 Å². The molecule has 1 aromatic carbocycles. The quantitative estimate of drug-likeness (QED) is 0.836. The van der Waals surface area contributed by atoms with Crippen molar-refractivity contribution in [2.45, 2.75) is 38.4 Å². The number of rotatable bonds is 5. The minimum atomic E-state index is -0.744. The van der Waals surface area contributed by atoms with Crippen LogP contribution in [0.4, 0.5) is 0 Å². The number of carbonyl (C=O) groups excluding carboxylic acids is 2. The molecule has 1 saturated heterocycles. The maximum absolute atomic E-state index is 12.6. The number of primary amides is 1. The van der Waals surface area contributed by atoms with Gasteiger partial charge in [0.25, 0.3) is 5.91 Å². The first-order valence-corrected chi connectivity index (χ1v) is 7.78. The lowest BCUT2D eigenvalue weighted by atomic mass is 9.97. The summed E-state index contributed by atoms with van der Waals surface area (Å²) in [7, 11) is 0. The maximum Gasteiger partial charge on any atom is 0.254 e. The highest BCUT2D eigenvalue weighted by molar-refractivity contribution is 5.95. The van der Waals surface area contributed by atoms with Gasteiger partial charge in [-0.2, -0.15) is 0 Å². The molecule has 0 bridgehead atoms. The first-order valence-electron chi connectivity index (χ1n) is 7.78. The third-order valence-corrected chi connectivity index (χ3v) is 3.87. The standard InChI is InChI=1S/C17H24N2O4/c1-17(2,22)7-6-12-4-3-5-13(10-12)16(21)19-8-9-23-14(11-19)15(18)20/h3-5,10,14,22H,6-9,11H2,1-2H3,(H2,18,20). The Morgan fingerprint density at radius 2 is 2.17 bits per heavy atom. The fourth-order valence-corrected chi connectivity index (χ4v) is 2.50. The lowest BCUT2D eigenvalue weighted by Crippen LogP contribution is -2.50. The van der Waals surface area contributed by atoms with E-state index in [1.165, 1.54) is 0 Å². The first-order chi connectivity index (χ1) is 10.8. The number of hydrogen-bond acceptors (Lipinski definition) is 4. The smallest absolute Gasteiger partial charge is 0.254 e. The fraction of sp³-hybridized carbons (Fsp3) is 0.529. The van der Waals surface area contributed by atoms with Gasteiger partial charge in [-0.25, -0.2) is 0 Å². The Morgan fingerprint density at radius 1 is 1.43 bits per heavy atom. The average Bonchev–Trinajstić information content (AvgIpc) is 2.52. The Kier molecular flexibility index (Phi) is 5.38. The van der Waals surface area contributed by atoms with E-state index in [0.717, 1.165) is 5.56 Å². The van der Waals surface area contributed by atoms with Gasteiger partial charge in [-0.1, -0.05) is 12.1 Å². The summed E-state index contributed by atoms with van der Waals surface area (Å²) in [5, 5.41) is 9.81. The van der Waals surface area contributed by atoms with Crippen molar-refractivity contribution in [2.75, 3.05) is 19.7 Å². The van der Waals surface area contributed by atoms with Gasteiger partial charge >= 0.3 is 0 Å². The molecule has 0 spiro atoms. The van der Waals surface area contributed by atoms with Crippen molar-refractivity contribution in [1.82, 2.24) is 4.90 Å². The second-order valence-corrected chi connectivity index (χ2v) is 6.53. The highest BCUT2D eigenvalue weighted by Crippen LogP contribution is 2.16. The van der Waals surface area contributed by atoms with Crippen LogP contribution >= 0.6 is 0 Å². The van der Waals surface area contributed by atoms with Crippen molar-refractivity contribution in [2.24, 2.45) is 5.73 Å². The molecule has 3 N–H and O–H groups in total. The number of aliphatic hydroxyl groups is 1. The zero-order chi connectivity index (χ0) is 17.0. The topological polar surface area (TPSA) is 92.9 Å². The molecule has 1 unspecified atom stereocenters. The Morgan fingerprint density at radius 3 is 2.83 bits per heavy atom. The van der Waals surface area contributed by atoms with Gasteiger partial charge in [0.2, 0.25) is 5.91 Å². The van der Waals surface area contributed by atoms with E-state index in [-0.39, 0.29) is 12.5 Å². The summed E-state index contributed by atoms with van der Waals surface area (Å²) >= 11 is 0. The number of benzene rings is 1. The fourth-order valence-electron chi connectivity index (χ4n) is 2.50. The van der Waals surface area contributed by atoms with Crippen molar-refractivity contribution in [3.05, 3.63) is 35.4 Å². The number of carbonyl (C=O) groups is 2. The van der Waals surface area contributed by atoms with E-state index >= 15 is 0 Å². The van der Waals surface area contributed by atoms with Gasteiger partial charge in [-0.15, -0.1) is 0 Å². The van der Waals surface area contributed by atoms with Gasteiger partial charge in [-0.3, -0.25) is 9.59 Å². The van der Waals surface area contributed by atoms with Crippen LogP contribution in [0, 0.1) is 0 Å². The van der Waals surface area contributed by atoms with Crippen LogP contribution in [0.2, 0.25) is 0 Å². The van der Waals surface area contributed by atoms with E-state index < -0.39 is 17.6 Å². The minimum absolute atomic E-state index is 0.135. The molecule has 0 saturated carbocycles. The Hall–Kier alpha value is -1.92. The molecule has 2 amide bonds. The molecule has 0 aliphatic carbocycles. The average molecular weight is 320 g/mol. The third kappa shape index (κ3) is 5.04. The van der Waals surface area contributed by atoms with E-state index in [9.17, 15) is 14.7 Å². The number of ether oxygens (including phenoxy) is 1. The molecule has 126 valence electrons. The molecule has 1 fully saturated rings. The number of morpholine rings is 1. The zero-order valence-electron chi connectivity index (χ0n) is 13.6. The Bertz CT molecular complexity index is 580. The van der Waals surface area contributed by atoms with Gasteiger partial charge in [0.1, 0.15) is 0 Å². The van der Waals surface area contributed by atoms with Crippen LogP contribution in [0.15, 0.2) is 24.3 Å². The molecular weight excluding hydrogens is 296 g/mol. The molecule has 6 heteroatoms. The van der Waals surface area contributed by atoms with Crippen LogP contribution in [-0.4, -0.2) is 53.2 Å². The first kappa shape index (κ1) is 17.4. The van der Waals surface area contributed by atoms with Crippen molar-refractivity contribution in [3.63, 3.8) is 0 Å². The highest BCUT2D eigenvalue weighted by Gasteiger charge is 2.28. The normalized spacial score (nSPS) is 18.7. The maximum atomic E-state index is 12.6. The Balaban J connectivity index is 2.06. The lowest BCUT2D eigenvalue weighted by molar-refractivity contribution is -0.133. The van der Waals surface area contributed by atoms with Crippen molar-refractivity contribution in [3.8, 4) is 0 Å². The van der Waals surface area contributed by atoms with E-state index in [2.05, 4.69) is 0 Å². The summed E-state index contributed by atoms with van der Waals surface area (Å²) in [6.07, 6.45) is 0.565. The van der Waals surface area contributed by atoms with Crippen molar-refractivity contribution < 1.29 is 19.4 Å². The number of amides is 2. The molecule has 6 nitrogen and oxygen atoms in total. The summed E-state index contributed by atoms with van der Waals surface area (Å²) in [4.78, 5) is 25.4. The summed E-state index contributed by atoms with van der Waals surface area (Å²) < 4.78 is 5.26. The predicted octanol–water partition coefficient (Wildman–Crippen LogP) is 0.716. The van der Waals surface area contributed by atoms with Crippen LogP contribution in [-0.2, 0) is 16.0 Å². The van der Waals surface area contributed by atoms with Crippen LogP contribution in [0.25, 0.3) is 0 Å². The molecule has 1 aliphatic heterocycles. The van der Waals surface area contributed by atoms with Gasteiger partial charge in [-0.05, 0) is 44.4 Å². The lowest BCUT2D eigenvalue weighted by Gasteiger charge is -2.31. The van der Waals surface area contributed by atoms with Gasteiger partial charge in [0.15, 0.2) is 6.10 Å². The summed E-state index contributed by atoms with van der Waals surface area (Å²) in [5.74, 6) is -0.689. The molecule has 1 atom stereocenters. The van der Waals surface area contributed by atoms with Gasteiger partial charge in [0.05, 0.1) is 18.8 Å². The summed E-state index contributed by atoms with van der Waals surface area (Å²) in [6, 6.07) is 7.36. The number of aryl methyl sites for hydroxylation is 1. The SMILES string of the molecule is CC(C)(O)CCc1cccc(C(=O)N2CCOC(C(N)=O)C2)c1. The molecular formula is C17H24N2O4. The monoisotopic (exact) mass is 320 g/mol. The van der Waals surface area contributed by atoms with Crippen LogP contribution in [0.3, 0.4) is 0 Å². The van der Waals surface area contributed by atoms with E-state index in [0.29, 0.717) is 31.6 Å².